The molecule has 0 aromatic heterocycles. The molecule has 0 saturated carbocycles. The van der Waals surface area contributed by atoms with E-state index in [4.69, 9.17) is 5.26 Å². The Morgan fingerprint density at radius 1 is 1.21 bits per heavy atom. The van der Waals surface area contributed by atoms with Crippen LogP contribution in [-0.2, 0) is 6.18 Å². The van der Waals surface area contributed by atoms with Crippen LogP contribution >= 0.6 is 0 Å². The van der Waals surface area contributed by atoms with Crippen LogP contribution in [0.15, 0.2) is 18.2 Å². The maximum atomic E-state index is 12.6. The van der Waals surface area contributed by atoms with Gasteiger partial charge in [-0.2, -0.15) is 18.4 Å². The SMILES string of the molecule is CC(Nc1ccc(C(F)(F)F)c(C#N)c1)C(C)(C)C. The van der Waals surface area contributed by atoms with Crippen LogP contribution in [0, 0.1) is 16.7 Å². The number of rotatable bonds is 2. The smallest absolute Gasteiger partial charge is 0.382 e. The Morgan fingerprint density at radius 3 is 2.21 bits per heavy atom. The molecule has 0 saturated heterocycles. The van der Waals surface area contributed by atoms with Gasteiger partial charge in [0.25, 0.3) is 0 Å². The van der Waals surface area contributed by atoms with Gasteiger partial charge in [-0.15, -0.1) is 0 Å². The Labute approximate surface area is 111 Å². The fourth-order valence-corrected chi connectivity index (χ4v) is 1.44. The van der Waals surface area contributed by atoms with Gasteiger partial charge >= 0.3 is 6.18 Å². The van der Waals surface area contributed by atoms with Gasteiger partial charge in [-0.3, -0.25) is 0 Å². The highest BCUT2D eigenvalue weighted by atomic mass is 19.4. The van der Waals surface area contributed by atoms with E-state index in [-0.39, 0.29) is 17.0 Å². The first-order valence-electron chi connectivity index (χ1n) is 5.93. The number of benzene rings is 1. The Hall–Kier alpha value is -1.70. The lowest BCUT2D eigenvalue weighted by molar-refractivity contribution is -0.137. The highest BCUT2D eigenvalue weighted by Crippen LogP contribution is 2.33. The molecule has 1 N–H and O–H groups in total. The minimum absolute atomic E-state index is 0.0322. The van der Waals surface area contributed by atoms with E-state index >= 15 is 0 Å². The van der Waals surface area contributed by atoms with E-state index in [1.165, 1.54) is 12.1 Å². The van der Waals surface area contributed by atoms with E-state index in [2.05, 4.69) is 5.32 Å². The Balaban J connectivity index is 3.06. The van der Waals surface area contributed by atoms with E-state index in [0.717, 1.165) is 6.07 Å². The molecule has 1 rings (SSSR count). The van der Waals surface area contributed by atoms with Gasteiger partial charge in [-0.25, -0.2) is 0 Å². The fraction of sp³-hybridized carbons (Fsp3) is 0.500. The molecule has 0 aliphatic heterocycles. The van der Waals surface area contributed by atoms with E-state index in [0.29, 0.717) is 5.69 Å². The molecule has 0 radical (unpaired) electrons. The van der Waals surface area contributed by atoms with Crippen molar-refractivity contribution in [1.82, 2.24) is 0 Å². The van der Waals surface area contributed by atoms with Crippen molar-refractivity contribution in [1.29, 1.82) is 5.26 Å². The summed E-state index contributed by atoms with van der Waals surface area (Å²) < 4.78 is 37.9. The summed E-state index contributed by atoms with van der Waals surface area (Å²) in [5.74, 6) is 0. The van der Waals surface area contributed by atoms with Gasteiger partial charge in [0.1, 0.15) is 0 Å². The molecule has 0 amide bonds. The predicted octanol–water partition coefficient (Wildman–Crippen LogP) is 4.42. The maximum absolute atomic E-state index is 12.6. The number of nitrogens with one attached hydrogen (secondary N) is 1. The maximum Gasteiger partial charge on any atom is 0.417 e. The van der Waals surface area contributed by atoms with Crippen LogP contribution in [0.4, 0.5) is 18.9 Å². The molecule has 2 nitrogen and oxygen atoms in total. The summed E-state index contributed by atoms with van der Waals surface area (Å²) in [6.45, 7) is 8.03. The molecule has 0 aliphatic carbocycles. The predicted molar refractivity (Wildman–Crippen MR) is 68.7 cm³/mol. The van der Waals surface area contributed by atoms with Crippen LogP contribution in [0.3, 0.4) is 0 Å². The van der Waals surface area contributed by atoms with Gasteiger partial charge in [0.15, 0.2) is 0 Å². The zero-order valence-corrected chi connectivity index (χ0v) is 11.4. The normalized spacial score (nSPS) is 13.8. The number of halogens is 3. The minimum Gasteiger partial charge on any atom is -0.382 e. The van der Waals surface area contributed by atoms with Crippen molar-refractivity contribution in [3.8, 4) is 6.07 Å². The van der Waals surface area contributed by atoms with E-state index < -0.39 is 11.7 Å². The summed E-state index contributed by atoms with van der Waals surface area (Å²) in [5.41, 5.74) is -0.773. The number of alkyl halides is 3. The molecule has 0 spiro atoms. The van der Waals surface area contributed by atoms with Gasteiger partial charge in [0, 0.05) is 11.7 Å². The highest BCUT2D eigenvalue weighted by Gasteiger charge is 2.33. The van der Waals surface area contributed by atoms with Crippen LogP contribution < -0.4 is 5.32 Å². The minimum atomic E-state index is -4.50. The summed E-state index contributed by atoms with van der Waals surface area (Å²) >= 11 is 0. The van der Waals surface area contributed by atoms with Crippen molar-refractivity contribution in [3.63, 3.8) is 0 Å². The van der Waals surface area contributed by atoms with E-state index in [1.54, 1.807) is 6.07 Å². The van der Waals surface area contributed by atoms with Gasteiger partial charge in [-0.05, 0) is 30.5 Å². The fourth-order valence-electron chi connectivity index (χ4n) is 1.44. The first-order valence-corrected chi connectivity index (χ1v) is 5.93. The Kier molecular flexibility index (Phi) is 4.14. The van der Waals surface area contributed by atoms with Crippen LogP contribution in [-0.4, -0.2) is 6.04 Å². The molecule has 1 atom stereocenters. The van der Waals surface area contributed by atoms with Crippen molar-refractivity contribution in [2.24, 2.45) is 5.41 Å². The second-order valence-electron chi connectivity index (χ2n) is 5.60. The summed E-state index contributed by atoms with van der Waals surface area (Å²) in [7, 11) is 0. The summed E-state index contributed by atoms with van der Waals surface area (Å²) in [6.07, 6.45) is -4.50. The second kappa shape index (κ2) is 5.12. The molecule has 0 heterocycles. The monoisotopic (exact) mass is 270 g/mol. The van der Waals surface area contributed by atoms with Crippen molar-refractivity contribution in [2.45, 2.75) is 39.9 Å². The van der Waals surface area contributed by atoms with Gasteiger partial charge < -0.3 is 5.32 Å². The average Bonchev–Trinajstić information content (AvgIpc) is 2.26. The Morgan fingerprint density at radius 2 is 1.79 bits per heavy atom. The molecule has 0 bridgehead atoms. The van der Waals surface area contributed by atoms with Crippen LogP contribution in [0.25, 0.3) is 0 Å². The number of hydrogen-bond acceptors (Lipinski definition) is 2. The highest BCUT2D eigenvalue weighted by molar-refractivity contribution is 5.54. The third-order valence-electron chi connectivity index (χ3n) is 3.13. The van der Waals surface area contributed by atoms with Crippen LogP contribution in [0.5, 0.6) is 0 Å². The molecule has 5 heteroatoms. The van der Waals surface area contributed by atoms with E-state index in [9.17, 15) is 13.2 Å². The summed E-state index contributed by atoms with van der Waals surface area (Å²) in [4.78, 5) is 0. The summed E-state index contributed by atoms with van der Waals surface area (Å²) in [6, 6.07) is 5.19. The molecule has 0 aliphatic rings. The molecule has 0 fully saturated rings. The zero-order valence-electron chi connectivity index (χ0n) is 11.4. The number of nitriles is 1. The first kappa shape index (κ1) is 15.4. The Bertz CT molecular complexity index is 493. The average molecular weight is 270 g/mol. The van der Waals surface area contributed by atoms with Gasteiger partial charge in [0.05, 0.1) is 17.2 Å². The number of nitrogens with zero attached hydrogens (tertiary/aromatic N) is 1. The van der Waals surface area contributed by atoms with Gasteiger partial charge in [0.2, 0.25) is 0 Å². The van der Waals surface area contributed by atoms with Gasteiger partial charge in [-0.1, -0.05) is 20.8 Å². The quantitative estimate of drug-likeness (QED) is 0.863. The van der Waals surface area contributed by atoms with Crippen LogP contribution in [0.1, 0.15) is 38.8 Å². The standard InChI is InChI=1S/C14H17F3N2/c1-9(13(2,3)4)19-11-5-6-12(14(15,16)17)10(7-11)8-18/h5-7,9,19H,1-4H3. The van der Waals surface area contributed by atoms with Crippen LogP contribution in [0.2, 0.25) is 0 Å². The largest absolute Gasteiger partial charge is 0.417 e. The third-order valence-corrected chi connectivity index (χ3v) is 3.13. The molecular weight excluding hydrogens is 253 g/mol. The molecule has 1 aromatic carbocycles. The number of anilines is 1. The van der Waals surface area contributed by atoms with E-state index in [1.807, 2.05) is 27.7 Å². The molecule has 104 valence electrons. The van der Waals surface area contributed by atoms with Crippen molar-refractivity contribution in [2.75, 3.05) is 5.32 Å². The topological polar surface area (TPSA) is 35.8 Å². The van der Waals surface area contributed by atoms with Crippen molar-refractivity contribution >= 4 is 5.69 Å². The summed E-state index contributed by atoms with van der Waals surface area (Å²) in [5, 5.41) is 11.9. The zero-order chi connectivity index (χ0) is 14.8. The molecule has 1 unspecified atom stereocenters. The molecule has 1 aromatic rings. The lowest BCUT2D eigenvalue weighted by Crippen LogP contribution is -2.30. The third kappa shape index (κ3) is 3.88. The van der Waals surface area contributed by atoms with Crippen molar-refractivity contribution in [3.05, 3.63) is 29.3 Å². The second-order valence-corrected chi connectivity index (χ2v) is 5.60. The van der Waals surface area contributed by atoms with Crippen molar-refractivity contribution < 1.29 is 13.2 Å². The lowest BCUT2D eigenvalue weighted by Gasteiger charge is -2.29. The molecular formula is C14H17F3N2. The first-order chi connectivity index (χ1) is 8.55. The lowest BCUT2D eigenvalue weighted by atomic mass is 9.88. The molecule has 19 heavy (non-hydrogen) atoms. The number of hydrogen-bond donors (Lipinski definition) is 1.